The first-order chi connectivity index (χ1) is 30.0. The van der Waals surface area contributed by atoms with Crippen LogP contribution < -0.4 is 30.7 Å². The minimum Gasteiger partial charge on any atom is -0.497 e. The van der Waals surface area contributed by atoms with Gasteiger partial charge in [0.1, 0.15) is 40.9 Å². The van der Waals surface area contributed by atoms with Gasteiger partial charge in [0, 0.05) is 60.8 Å². The maximum Gasteiger partial charge on any atom is 0.330 e. The molecule has 2 saturated heterocycles. The molecule has 3 fully saturated rings. The number of carbonyl (C=O) groups is 5. The van der Waals surface area contributed by atoms with Crippen LogP contribution in [0.5, 0.6) is 11.5 Å². The number of hydrogen-bond acceptors (Lipinski definition) is 11. The second kappa shape index (κ2) is 19.1. The number of thiazole rings is 1. The number of urea groups is 1. The lowest BCUT2D eigenvalue weighted by atomic mass is 9.86. The van der Waals surface area contributed by atoms with Crippen LogP contribution >= 0.6 is 11.3 Å². The normalized spacial score (nSPS) is 25.0. The second-order valence-corrected chi connectivity index (χ2v) is 19.6. The number of carboxylic acid groups (broad SMARTS) is 1. The monoisotopic (exact) mass is 886 g/mol. The van der Waals surface area contributed by atoms with Crippen molar-refractivity contribution in [2.24, 2.45) is 11.3 Å². The number of aliphatic carboxylic acids is 1. The molecule has 0 bridgehead atoms. The fraction of sp³-hybridized carbons (Fsp3) is 0.587. The number of benzene rings is 1. The van der Waals surface area contributed by atoms with Gasteiger partial charge in [-0.25, -0.2) is 19.6 Å². The summed E-state index contributed by atoms with van der Waals surface area (Å²) in [6.45, 7) is 11.0. The fourth-order valence-electron chi connectivity index (χ4n) is 8.73. The third-order valence-corrected chi connectivity index (χ3v) is 13.3. The first kappa shape index (κ1) is 45.6. The summed E-state index contributed by atoms with van der Waals surface area (Å²) in [6, 6.07) is 4.40. The molecule has 6 atom stereocenters. The van der Waals surface area contributed by atoms with Crippen LogP contribution in [0, 0.1) is 11.3 Å². The summed E-state index contributed by atoms with van der Waals surface area (Å²) < 4.78 is 12.3. The number of aromatic nitrogens is 2. The van der Waals surface area contributed by atoms with Crippen molar-refractivity contribution < 1.29 is 38.6 Å². The van der Waals surface area contributed by atoms with Gasteiger partial charge in [0.2, 0.25) is 17.7 Å². The molecule has 5 N–H and O–H groups in total. The van der Waals surface area contributed by atoms with Gasteiger partial charge in [-0.2, -0.15) is 0 Å². The van der Waals surface area contributed by atoms with E-state index in [1.807, 2.05) is 64.3 Å². The molecule has 16 nitrogen and oxygen atoms in total. The quantitative estimate of drug-likeness (QED) is 0.139. The molecule has 340 valence electrons. The van der Waals surface area contributed by atoms with E-state index in [1.54, 1.807) is 24.1 Å². The van der Waals surface area contributed by atoms with Crippen LogP contribution in [-0.2, 0) is 19.2 Å². The lowest BCUT2D eigenvalue weighted by Crippen LogP contribution is -2.59. The first-order valence-electron chi connectivity index (χ1n) is 22.3. The van der Waals surface area contributed by atoms with Gasteiger partial charge in [-0.15, -0.1) is 11.3 Å². The molecule has 5 amide bonds. The smallest absolute Gasteiger partial charge is 0.330 e. The van der Waals surface area contributed by atoms with Gasteiger partial charge < -0.3 is 45.6 Å². The lowest BCUT2D eigenvalue weighted by Gasteiger charge is -2.37. The third-order valence-electron chi connectivity index (χ3n) is 12.6. The van der Waals surface area contributed by atoms with Gasteiger partial charge in [0.25, 0.3) is 0 Å². The highest BCUT2D eigenvalue weighted by atomic mass is 32.1. The zero-order valence-corrected chi connectivity index (χ0v) is 38.0. The van der Waals surface area contributed by atoms with Gasteiger partial charge in [-0.3, -0.25) is 14.4 Å². The largest absolute Gasteiger partial charge is 0.497 e. The molecule has 5 heterocycles. The minimum absolute atomic E-state index is 0.00370. The number of allylic oxidation sites excluding steroid dienone is 1. The Labute approximate surface area is 372 Å². The number of methoxy groups -OCH3 is 1. The molecule has 3 aromatic rings. The van der Waals surface area contributed by atoms with Gasteiger partial charge in [0.05, 0.1) is 30.9 Å². The predicted octanol–water partition coefficient (Wildman–Crippen LogP) is 6.11. The number of carbonyl (C=O) groups excluding carboxylic acids is 4. The van der Waals surface area contributed by atoms with Gasteiger partial charge in [-0.05, 0) is 69.9 Å². The standard InChI is InChI=1S/C46H62N8O8S/c1-27(2)47-44-50-35(26-63-44)34-22-37(31-18-17-29(61-6)20-33(31)48-34)62-30-21-36-40(56)52-46(42(58)59)23-28(46)14-10-8-7-9-11-15-32(41(57)54(36)24-30)49-43(60)51-38(45(3,4)5)25-53-19-13-12-16-39(53)55/h10,14,17-18,20,22,26-28,30,32,36,38H,7-9,11-13,15-16,19,21,23-25H2,1-6H3,(H,47,50)(H,52,56)(H,58,59)(H2,49,51,60)/t28?,30-,32+,36+,38-,46-/m1/s1. The van der Waals surface area contributed by atoms with E-state index in [1.165, 1.54) is 16.2 Å². The highest BCUT2D eigenvalue weighted by molar-refractivity contribution is 7.14. The van der Waals surface area contributed by atoms with Crippen molar-refractivity contribution >= 4 is 57.1 Å². The summed E-state index contributed by atoms with van der Waals surface area (Å²) in [5.74, 6) is -1.43. The second-order valence-electron chi connectivity index (χ2n) is 18.7. The van der Waals surface area contributed by atoms with E-state index in [0.717, 1.165) is 37.2 Å². The van der Waals surface area contributed by atoms with Crippen molar-refractivity contribution in [1.82, 2.24) is 35.7 Å². The SMILES string of the molecule is COc1ccc2c(O[C@@H]3C[C@H]4C(=O)N[C@]5(C(=O)O)CC5C=CCCCCC[C@H](NC(=O)N[C@H](CN5CCCCC5=O)C(C)(C)C)C(=O)N4C3)cc(-c3csc(NC(C)C)n3)nc2c1. The average Bonchev–Trinajstić information content (AvgIpc) is 3.49. The summed E-state index contributed by atoms with van der Waals surface area (Å²) in [5.41, 5.74) is -0.0957. The van der Waals surface area contributed by atoms with Crippen LogP contribution in [0.3, 0.4) is 0 Å². The van der Waals surface area contributed by atoms with Gasteiger partial charge in [-0.1, -0.05) is 45.8 Å². The number of pyridine rings is 1. The van der Waals surface area contributed by atoms with Crippen molar-refractivity contribution in [3.05, 3.63) is 41.8 Å². The number of anilines is 1. The summed E-state index contributed by atoms with van der Waals surface area (Å²) in [5, 5.41) is 25.9. The summed E-state index contributed by atoms with van der Waals surface area (Å²) in [7, 11) is 1.58. The number of piperidine rings is 1. The Balaban J connectivity index is 1.19. The predicted molar refractivity (Wildman–Crippen MR) is 241 cm³/mol. The summed E-state index contributed by atoms with van der Waals surface area (Å²) >= 11 is 1.46. The van der Waals surface area contributed by atoms with Crippen molar-refractivity contribution in [1.29, 1.82) is 0 Å². The van der Waals surface area contributed by atoms with Crippen molar-refractivity contribution in [2.45, 2.75) is 135 Å². The van der Waals surface area contributed by atoms with E-state index in [4.69, 9.17) is 19.4 Å². The number of ether oxygens (including phenoxy) is 2. The zero-order chi connectivity index (χ0) is 45.1. The van der Waals surface area contributed by atoms with E-state index in [0.29, 0.717) is 66.1 Å². The number of nitrogens with zero attached hydrogens (tertiary/aromatic N) is 4. The molecule has 17 heteroatoms. The van der Waals surface area contributed by atoms with Crippen LogP contribution in [-0.4, -0.2) is 117 Å². The Morgan fingerprint density at radius 1 is 1.06 bits per heavy atom. The van der Waals surface area contributed by atoms with Crippen LogP contribution in [0.15, 0.2) is 41.8 Å². The van der Waals surface area contributed by atoms with E-state index in [2.05, 4.69) is 21.3 Å². The molecule has 0 radical (unpaired) electrons. The molecule has 0 spiro atoms. The average molecular weight is 887 g/mol. The molecule has 63 heavy (non-hydrogen) atoms. The Bertz CT molecular complexity index is 2220. The molecule has 7 rings (SSSR count). The first-order valence-corrected chi connectivity index (χ1v) is 23.2. The molecule has 2 aromatic heterocycles. The number of amides is 5. The van der Waals surface area contributed by atoms with E-state index >= 15 is 0 Å². The number of fused-ring (bicyclic) bond motifs is 3. The Hall–Kier alpha value is -5.45. The number of likely N-dealkylation sites (tertiary alicyclic amines) is 1. The zero-order valence-electron chi connectivity index (χ0n) is 37.2. The number of hydrogen-bond donors (Lipinski definition) is 5. The minimum atomic E-state index is -1.48. The summed E-state index contributed by atoms with van der Waals surface area (Å²) in [6.07, 6.45) is 8.94. The molecular formula is C46H62N8O8S. The third kappa shape index (κ3) is 10.7. The van der Waals surface area contributed by atoms with Gasteiger partial charge >= 0.3 is 12.0 Å². The molecule has 1 aromatic carbocycles. The summed E-state index contributed by atoms with van der Waals surface area (Å²) in [4.78, 5) is 81.7. The van der Waals surface area contributed by atoms with Crippen LogP contribution in [0.4, 0.5) is 9.93 Å². The fourth-order valence-corrected chi connectivity index (χ4v) is 9.58. The maximum atomic E-state index is 14.9. The molecule has 1 aliphatic carbocycles. The topological polar surface area (TPSA) is 204 Å². The van der Waals surface area contributed by atoms with E-state index in [9.17, 15) is 29.1 Å². The highest BCUT2D eigenvalue weighted by Gasteiger charge is 2.61. The van der Waals surface area contributed by atoms with Crippen LogP contribution in [0.1, 0.15) is 98.8 Å². The number of rotatable bonds is 11. The lowest BCUT2D eigenvalue weighted by molar-refractivity contribution is -0.145. The number of nitrogens with one attached hydrogen (secondary N) is 4. The molecule has 1 unspecified atom stereocenters. The molecule has 1 saturated carbocycles. The van der Waals surface area contributed by atoms with E-state index < -0.39 is 59.0 Å². The Kier molecular flexibility index (Phi) is 13.8. The maximum absolute atomic E-state index is 14.9. The Morgan fingerprint density at radius 3 is 2.60 bits per heavy atom. The van der Waals surface area contributed by atoms with E-state index in [-0.39, 0.29) is 37.3 Å². The van der Waals surface area contributed by atoms with Crippen LogP contribution in [0.2, 0.25) is 0 Å². The van der Waals surface area contributed by atoms with Crippen molar-refractivity contribution in [3.63, 3.8) is 0 Å². The highest BCUT2D eigenvalue weighted by Crippen LogP contribution is 2.45. The van der Waals surface area contributed by atoms with Crippen LogP contribution in [0.25, 0.3) is 22.3 Å². The number of carboxylic acids is 1. The van der Waals surface area contributed by atoms with Gasteiger partial charge in [0.15, 0.2) is 5.13 Å². The van der Waals surface area contributed by atoms with Crippen molar-refractivity contribution in [2.75, 3.05) is 32.1 Å². The molecular weight excluding hydrogens is 825 g/mol. The molecule has 3 aliphatic heterocycles. The Morgan fingerprint density at radius 2 is 1.87 bits per heavy atom. The molecule has 4 aliphatic rings. The van der Waals surface area contributed by atoms with Crippen molar-refractivity contribution in [3.8, 4) is 22.9 Å².